The zero-order chi connectivity index (χ0) is 17.5. The molecule has 0 aliphatic rings. The molecule has 0 fully saturated rings. The fraction of sp³-hybridized carbons (Fsp3) is 0.529. The van der Waals surface area contributed by atoms with Crippen molar-refractivity contribution in [2.24, 2.45) is 5.73 Å². The first-order valence-corrected chi connectivity index (χ1v) is 7.93. The molecule has 0 bridgehead atoms. The Balaban J connectivity index is 2.24. The minimum Gasteiger partial charge on any atom is -0.464 e. The van der Waals surface area contributed by atoms with Crippen LogP contribution in [-0.4, -0.2) is 24.1 Å². The molecule has 1 atom stereocenters. The van der Waals surface area contributed by atoms with Gasteiger partial charge in [0, 0.05) is 17.9 Å². The lowest BCUT2D eigenvalue weighted by Gasteiger charge is -2.19. The summed E-state index contributed by atoms with van der Waals surface area (Å²) in [6.45, 7) is 5.50. The number of hydrogen-bond acceptors (Lipinski definition) is 5. The van der Waals surface area contributed by atoms with Crippen molar-refractivity contribution < 1.29 is 19.1 Å². The first-order valence-electron chi connectivity index (χ1n) is 7.56. The van der Waals surface area contributed by atoms with E-state index in [2.05, 4.69) is 0 Å². The first kappa shape index (κ1) is 19.5. The van der Waals surface area contributed by atoms with Crippen LogP contribution in [0.15, 0.2) is 24.3 Å². The lowest BCUT2D eigenvalue weighted by Crippen LogP contribution is -2.24. The standard InChI is InChI=1S/C17H24ClNO4/c1-17(2,3)23-16(21)6-4-5-15(20)22-11-14(19)12-7-9-13(18)10-8-12/h7-10,14H,4-6,11,19H2,1-3H3. The molecule has 0 aromatic heterocycles. The first-order chi connectivity index (χ1) is 10.7. The second-order valence-electron chi connectivity index (χ2n) is 6.28. The highest BCUT2D eigenvalue weighted by Gasteiger charge is 2.16. The van der Waals surface area contributed by atoms with Crippen molar-refractivity contribution in [2.45, 2.75) is 51.7 Å². The van der Waals surface area contributed by atoms with Crippen LogP contribution in [0.5, 0.6) is 0 Å². The third-order valence-electron chi connectivity index (χ3n) is 2.90. The van der Waals surface area contributed by atoms with E-state index in [4.69, 9.17) is 26.8 Å². The molecular formula is C17H24ClNO4. The van der Waals surface area contributed by atoms with Crippen molar-refractivity contribution in [3.63, 3.8) is 0 Å². The third-order valence-corrected chi connectivity index (χ3v) is 3.16. The molecule has 1 aromatic carbocycles. The van der Waals surface area contributed by atoms with Crippen molar-refractivity contribution in [3.8, 4) is 0 Å². The highest BCUT2D eigenvalue weighted by molar-refractivity contribution is 6.30. The molecule has 0 saturated carbocycles. The maximum absolute atomic E-state index is 11.6. The fourth-order valence-electron chi connectivity index (χ4n) is 1.83. The second-order valence-corrected chi connectivity index (χ2v) is 6.72. The summed E-state index contributed by atoms with van der Waals surface area (Å²) in [7, 11) is 0. The molecule has 0 aliphatic heterocycles. The number of carbonyl (C=O) groups excluding carboxylic acids is 2. The second kappa shape index (κ2) is 8.89. The van der Waals surface area contributed by atoms with Crippen molar-refractivity contribution in [3.05, 3.63) is 34.9 Å². The predicted octanol–water partition coefficient (Wildman–Crippen LogP) is 3.40. The van der Waals surface area contributed by atoms with Gasteiger partial charge < -0.3 is 15.2 Å². The van der Waals surface area contributed by atoms with Gasteiger partial charge in [-0.25, -0.2) is 0 Å². The zero-order valence-electron chi connectivity index (χ0n) is 13.8. The van der Waals surface area contributed by atoms with Crippen LogP contribution in [0.2, 0.25) is 5.02 Å². The van der Waals surface area contributed by atoms with E-state index in [9.17, 15) is 9.59 Å². The molecule has 0 radical (unpaired) electrons. The van der Waals surface area contributed by atoms with Gasteiger partial charge in [0.15, 0.2) is 0 Å². The van der Waals surface area contributed by atoms with Gasteiger partial charge in [-0.1, -0.05) is 23.7 Å². The summed E-state index contributed by atoms with van der Waals surface area (Å²) in [5.74, 6) is -0.693. The molecule has 0 aliphatic carbocycles. The topological polar surface area (TPSA) is 78.6 Å². The Morgan fingerprint density at radius 1 is 1.13 bits per heavy atom. The van der Waals surface area contributed by atoms with Gasteiger partial charge in [-0.3, -0.25) is 9.59 Å². The minimum absolute atomic E-state index is 0.0902. The highest BCUT2D eigenvalue weighted by Crippen LogP contribution is 2.15. The predicted molar refractivity (Wildman–Crippen MR) is 89.0 cm³/mol. The quantitative estimate of drug-likeness (QED) is 0.769. The van der Waals surface area contributed by atoms with E-state index >= 15 is 0 Å². The third kappa shape index (κ3) is 8.57. The Labute approximate surface area is 142 Å². The molecule has 0 saturated heterocycles. The molecular weight excluding hydrogens is 318 g/mol. The van der Waals surface area contributed by atoms with E-state index in [1.807, 2.05) is 0 Å². The summed E-state index contributed by atoms with van der Waals surface area (Å²) in [5, 5.41) is 0.625. The Morgan fingerprint density at radius 2 is 1.70 bits per heavy atom. The molecule has 1 rings (SSSR count). The molecule has 6 heteroatoms. The number of halogens is 1. The molecule has 1 aromatic rings. The lowest BCUT2D eigenvalue weighted by atomic mass is 10.1. The summed E-state index contributed by atoms with van der Waals surface area (Å²) >= 11 is 5.80. The normalized spacial score (nSPS) is 12.6. The van der Waals surface area contributed by atoms with E-state index in [0.717, 1.165) is 5.56 Å². The van der Waals surface area contributed by atoms with Crippen LogP contribution < -0.4 is 5.73 Å². The molecule has 23 heavy (non-hydrogen) atoms. The van der Waals surface area contributed by atoms with Crippen molar-refractivity contribution in [1.29, 1.82) is 0 Å². The molecule has 0 heterocycles. The Hall–Kier alpha value is -1.59. The summed E-state index contributed by atoms with van der Waals surface area (Å²) < 4.78 is 10.3. The van der Waals surface area contributed by atoms with Gasteiger partial charge in [-0.05, 0) is 44.9 Å². The molecule has 5 nitrogen and oxygen atoms in total. The van der Waals surface area contributed by atoms with E-state index in [1.165, 1.54) is 0 Å². The highest BCUT2D eigenvalue weighted by atomic mass is 35.5. The lowest BCUT2D eigenvalue weighted by molar-refractivity contribution is -0.155. The van der Waals surface area contributed by atoms with Gasteiger partial charge in [0.1, 0.15) is 12.2 Å². The van der Waals surface area contributed by atoms with Crippen LogP contribution in [0, 0.1) is 0 Å². The molecule has 1 unspecified atom stereocenters. The molecule has 2 N–H and O–H groups in total. The summed E-state index contributed by atoms with van der Waals surface area (Å²) in [4.78, 5) is 23.2. The van der Waals surface area contributed by atoms with Gasteiger partial charge >= 0.3 is 11.9 Å². The van der Waals surface area contributed by atoms with Crippen molar-refractivity contribution in [1.82, 2.24) is 0 Å². The van der Waals surface area contributed by atoms with Crippen molar-refractivity contribution >= 4 is 23.5 Å². The molecule has 0 spiro atoms. The average molecular weight is 342 g/mol. The minimum atomic E-state index is -0.511. The van der Waals surface area contributed by atoms with E-state index in [-0.39, 0.29) is 31.4 Å². The van der Waals surface area contributed by atoms with E-state index in [1.54, 1.807) is 45.0 Å². The average Bonchev–Trinajstić information content (AvgIpc) is 2.43. The van der Waals surface area contributed by atoms with Crippen LogP contribution in [0.4, 0.5) is 0 Å². The van der Waals surface area contributed by atoms with Gasteiger partial charge in [-0.15, -0.1) is 0 Å². The van der Waals surface area contributed by atoms with E-state index < -0.39 is 11.6 Å². The van der Waals surface area contributed by atoms with Gasteiger partial charge in [0.05, 0.1) is 6.04 Å². The largest absolute Gasteiger partial charge is 0.464 e. The Kier molecular flexibility index (Phi) is 7.52. The summed E-state index contributed by atoms with van der Waals surface area (Å²) in [6.07, 6.45) is 0.742. The maximum atomic E-state index is 11.6. The summed E-state index contributed by atoms with van der Waals surface area (Å²) in [5.41, 5.74) is 6.28. The number of hydrogen-bond donors (Lipinski definition) is 1. The van der Waals surface area contributed by atoms with Crippen LogP contribution in [-0.2, 0) is 19.1 Å². The number of rotatable bonds is 7. The van der Waals surface area contributed by atoms with Crippen LogP contribution in [0.25, 0.3) is 0 Å². The van der Waals surface area contributed by atoms with Gasteiger partial charge in [0.25, 0.3) is 0 Å². The molecule has 0 amide bonds. The monoisotopic (exact) mass is 341 g/mol. The van der Waals surface area contributed by atoms with Crippen LogP contribution in [0.1, 0.15) is 51.6 Å². The Bertz CT molecular complexity index is 522. The number of benzene rings is 1. The van der Waals surface area contributed by atoms with Crippen LogP contribution in [0.3, 0.4) is 0 Å². The maximum Gasteiger partial charge on any atom is 0.306 e. The summed E-state index contributed by atoms with van der Waals surface area (Å²) in [6, 6.07) is 6.66. The zero-order valence-corrected chi connectivity index (χ0v) is 14.6. The fourth-order valence-corrected chi connectivity index (χ4v) is 1.96. The number of nitrogens with two attached hydrogens (primary N) is 1. The van der Waals surface area contributed by atoms with Crippen LogP contribution >= 0.6 is 11.6 Å². The number of ether oxygens (including phenoxy) is 2. The Morgan fingerprint density at radius 3 is 2.26 bits per heavy atom. The van der Waals surface area contributed by atoms with Crippen molar-refractivity contribution in [2.75, 3.05) is 6.61 Å². The van der Waals surface area contributed by atoms with E-state index in [0.29, 0.717) is 11.4 Å². The number of carbonyl (C=O) groups is 2. The smallest absolute Gasteiger partial charge is 0.306 e. The SMILES string of the molecule is CC(C)(C)OC(=O)CCCC(=O)OCC(N)c1ccc(Cl)cc1. The van der Waals surface area contributed by atoms with Gasteiger partial charge in [-0.2, -0.15) is 0 Å². The molecule has 128 valence electrons. The number of esters is 2. The van der Waals surface area contributed by atoms with Gasteiger partial charge in [0.2, 0.25) is 0 Å².